The van der Waals surface area contributed by atoms with Gasteiger partial charge >= 0.3 is 0 Å². The van der Waals surface area contributed by atoms with E-state index in [1.165, 1.54) is 29.5 Å². The molecule has 4 aromatic rings. The van der Waals surface area contributed by atoms with E-state index < -0.39 is 4.92 Å². The molecule has 2 aromatic heterocycles. The number of carbonyl (C=O) groups is 1. The van der Waals surface area contributed by atoms with E-state index in [0.29, 0.717) is 27.7 Å². The Hall–Kier alpha value is -4.31. The topological polar surface area (TPSA) is 108 Å². The van der Waals surface area contributed by atoms with Crippen molar-refractivity contribution >= 4 is 44.4 Å². The number of benzene rings is 2. The average molecular weight is 477 g/mol. The summed E-state index contributed by atoms with van der Waals surface area (Å²) in [6.07, 6.45) is 6.40. The highest BCUT2D eigenvalue weighted by atomic mass is 32.1. The maximum atomic E-state index is 13.2. The number of ether oxygens (including phenoxy) is 2. The first-order chi connectivity index (χ1) is 16.5. The van der Waals surface area contributed by atoms with E-state index in [1.807, 2.05) is 12.1 Å². The van der Waals surface area contributed by atoms with Crippen LogP contribution in [0.3, 0.4) is 0 Å². The minimum absolute atomic E-state index is 0.0120. The number of rotatable bonds is 8. The summed E-state index contributed by atoms with van der Waals surface area (Å²) in [5.74, 6) is 0.837. The molecule has 10 heteroatoms. The lowest BCUT2D eigenvalue weighted by atomic mass is 10.2. The second-order valence-corrected chi connectivity index (χ2v) is 8.15. The standard InChI is InChI=1S/C24H20N4O5S/c1-32-20-12-19-22(13-21(20)33-2)34-24(26-19)27(15-17-4-3-11-25-14-17)23(29)10-7-16-5-8-18(9-6-16)28(30)31/h3-14H,15H2,1-2H3/b10-7-. The zero-order valence-corrected chi connectivity index (χ0v) is 19.2. The Morgan fingerprint density at radius 1 is 1.15 bits per heavy atom. The molecule has 9 nitrogen and oxygen atoms in total. The molecule has 172 valence electrons. The van der Waals surface area contributed by atoms with Crippen molar-refractivity contribution in [2.75, 3.05) is 19.1 Å². The van der Waals surface area contributed by atoms with Crippen molar-refractivity contribution in [2.45, 2.75) is 6.54 Å². The van der Waals surface area contributed by atoms with Crippen molar-refractivity contribution < 1.29 is 19.2 Å². The van der Waals surface area contributed by atoms with Crippen LogP contribution in [0.2, 0.25) is 0 Å². The number of nitro groups is 1. The lowest BCUT2D eigenvalue weighted by Gasteiger charge is -2.18. The number of anilines is 1. The predicted molar refractivity (Wildman–Crippen MR) is 130 cm³/mol. The summed E-state index contributed by atoms with van der Waals surface area (Å²) in [6, 6.07) is 13.2. The summed E-state index contributed by atoms with van der Waals surface area (Å²) in [5.41, 5.74) is 2.18. The van der Waals surface area contributed by atoms with Crippen LogP contribution < -0.4 is 14.4 Å². The zero-order chi connectivity index (χ0) is 24.1. The Morgan fingerprint density at radius 2 is 1.88 bits per heavy atom. The summed E-state index contributed by atoms with van der Waals surface area (Å²) < 4.78 is 11.6. The van der Waals surface area contributed by atoms with Gasteiger partial charge in [0, 0.05) is 42.7 Å². The van der Waals surface area contributed by atoms with E-state index in [2.05, 4.69) is 9.97 Å². The molecule has 0 N–H and O–H groups in total. The van der Waals surface area contributed by atoms with E-state index >= 15 is 0 Å². The average Bonchev–Trinajstić information content (AvgIpc) is 3.28. The molecule has 0 aliphatic heterocycles. The monoisotopic (exact) mass is 476 g/mol. The number of carbonyl (C=O) groups excluding carboxylic acids is 1. The third kappa shape index (κ3) is 5.02. The number of amides is 1. The van der Waals surface area contributed by atoms with Gasteiger partial charge in [0.05, 0.1) is 35.9 Å². The van der Waals surface area contributed by atoms with Crippen molar-refractivity contribution in [3.05, 3.63) is 88.2 Å². The van der Waals surface area contributed by atoms with Crippen LogP contribution in [0.1, 0.15) is 11.1 Å². The number of hydrogen-bond donors (Lipinski definition) is 0. The molecule has 0 atom stereocenters. The molecule has 4 rings (SSSR count). The molecule has 0 saturated carbocycles. The number of pyridine rings is 1. The quantitative estimate of drug-likeness (QED) is 0.203. The van der Waals surface area contributed by atoms with Gasteiger partial charge in [-0.1, -0.05) is 17.4 Å². The normalized spacial score (nSPS) is 11.0. The van der Waals surface area contributed by atoms with Crippen molar-refractivity contribution in [1.29, 1.82) is 0 Å². The molecule has 0 spiro atoms. The molecule has 1 amide bonds. The van der Waals surface area contributed by atoms with Gasteiger partial charge in [-0.2, -0.15) is 0 Å². The van der Waals surface area contributed by atoms with Crippen molar-refractivity contribution in [2.24, 2.45) is 0 Å². The Morgan fingerprint density at radius 3 is 2.53 bits per heavy atom. The number of nitro benzene ring substituents is 1. The fourth-order valence-electron chi connectivity index (χ4n) is 3.24. The smallest absolute Gasteiger partial charge is 0.269 e. The van der Waals surface area contributed by atoms with Gasteiger partial charge in [-0.25, -0.2) is 4.98 Å². The summed E-state index contributed by atoms with van der Waals surface area (Å²) in [6.45, 7) is 0.269. The summed E-state index contributed by atoms with van der Waals surface area (Å²) >= 11 is 1.36. The van der Waals surface area contributed by atoms with Crippen LogP contribution in [0.25, 0.3) is 16.3 Å². The maximum absolute atomic E-state index is 13.2. The Kier molecular flexibility index (Phi) is 6.79. The number of aromatic nitrogens is 2. The van der Waals surface area contributed by atoms with Gasteiger partial charge in [-0.05, 0) is 35.4 Å². The molecule has 0 unspecified atom stereocenters. The zero-order valence-electron chi connectivity index (χ0n) is 18.4. The van der Waals surface area contributed by atoms with Gasteiger partial charge in [0.15, 0.2) is 16.6 Å². The maximum Gasteiger partial charge on any atom is 0.269 e. The Balaban J connectivity index is 1.67. The third-order valence-corrected chi connectivity index (χ3v) is 6.01. The molecule has 0 bridgehead atoms. The summed E-state index contributed by atoms with van der Waals surface area (Å²) in [5, 5.41) is 11.4. The lowest BCUT2D eigenvalue weighted by Crippen LogP contribution is -2.28. The van der Waals surface area contributed by atoms with Crippen LogP contribution in [0, 0.1) is 10.1 Å². The van der Waals surface area contributed by atoms with Crippen LogP contribution >= 0.6 is 11.3 Å². The molecule has 0 saturated heterocycles. The number of non-ortho nitro benzene ring substituents is 1. The van der Waals surface area contributed by atoms with Crippen molar-refractivity contribution in [1.82, 2.24) is 9.97 Å². The highest BCUT2D eigenvalue weighted by Crippen LogP contribution is 2.37. The van der Waals surface area contributed by atoms with Gasteiger partial charge in [0.25, 0.3) is 11.6 Å². The Bertz CT molecular complexity index is 1310. The van der Waals surface area contributed by atoms with Gasteiger partial charge in [-0.15, -0.1) is 0 Å². The minimum atomic E-state index is -0.467. The fourth-order valence-corrected chi connectivity index (χ4v) is 4.22. The second kappa shape index (κ2) is 10.1. The van der Waals surface area contributed by atoms with Crippen molar-refractivity contribution in [3.8, 4) is 11.5 Å². The first kappa shape index (κ1) is 22.9. The van der Waals surface area contributed by atoms with Crippen LogP contribution in [-0.2, 0) is 11.3 Å². The molecule has 0 radical (unpaired) electrons. The number of fused-ring (bicyclic) bond motifs is 1. The molecule has 34 heavy (non-hydrogen) atoms. The predicted octanol–water partition coefficient (Wildman–Crippen LogP) is 4.86. The fraction of sp³-hybridized carbons (Fsp3) is 0.125. The van der Waals surface area contributed by atoms with E-state index in [1.54, 1.807) is 61.9 Å². The van der Waals surface area contributed by atoms with Gasteiger partial charge in [0.1, 0.15) is 0 Å². The highest BCUT2D eigenvalue weighted by molar-refractivity contribution is 7.22. The van der Waals surface area contributed by atoms with Crippen LogP contribution in [-0.4, -0.2) is 35.0 Å². The first-order valence-corrected chi connectivity index (χ1v) is 11.0. The minimum Gasteiger partial charge on any atom is -0.493 e. The first-order valence-electron chi connectivity index (χ1n) is 10.1. The molecule has 0 aliphatic rings. The third-order valence-electron chi connectivity index (χ3n) is 4.97. The molecule has 2 aromatic carbocycles. The van der Waals surface area contributed by atoms with Gasteiger partial charge < -0.3 is 9.47 Å². The van der Waals surface area contributed by atoms with Crippen LogP contribution in [0.5, 0.6) is 11.5 Å². The van der Waals surface area contributed by atoms with E-state index in [9.17, 15) is 14.9 Å². The van der Waals surface area contributed by atoms with Gasteiger partial charge in [-0.3, -0.25) is 24.8 Å². The number of thiazole rings is 1. The molecule has 0 fully saturated rings. The lowest BCUT2D eigenvalue weighted by molar-refractivity contribution is -0.384. The van der Waals surface area contributed by atoms with E-state index in [-0.39, 0.29) is 18.1 Å². The number of methoxy groups -OCH3 is 2. The second-order valence-electron chi connectivity index (χ2n) is 7.14. The number of nitrogens with zero attached hydrogens (tertiary/aromatic N) is 4. The van der Waals surface area contributed by atoms with Crippen LogP contribution in [0.4, 0.5) is 10.8 Å². The summed E-state index contributed by atoms with van der Waals surface area (Å²) in [4.78, 5) is 34.0. The largest absolute Gasteiger partial charge is 0.493 e. The molecule has 2 heterocycles. The number of hydrogen-bond acceptors (Lipinski definition) is 8. The molecule has 0 aliphatic carbocycles. The van der Waals surface area contributed by atoms with Crippen LogP contribution in [0.15, 0.2) is 67.0 Å². The SMILES string of the molecule is COc1cc2nc(N(Cc3cccnc3)C(=O)/C=C\c3ccc([N+](=O)[O-])cc3)sc2cc1OC. The van der Waals surface area contributed by atoms with Crippen molar-refractivity contribution in [3.63, 3.8) is 0 Å². The Labute approximate surface area is 199 Å². The van der Waals surface area contributed by atoms with E-state index in [4.69, 9.17) is 9.47 Å². The molecular formula is C24H20N4O5S. The van der Waals surface area contributed by atoms with E-state index in [0.717, 1.165) is 10.3 Å². The summed E-state index contributed by atoms with van der Waals surface area (Å²) in [7, 11) is 3.12. The molecular weight excluding hydrogens is 456 g/mol. The highest BCUT2D eigenvalue weighted by Gasteiger charge is 2.20. The van der Waals surface area contributed by atoms with Gasteiger partial charge in [0.2, 0.25) is 0 Å².